The molecule has 6 atom stereocenters. The van der Waals surface area contributed by atoms with Crippen molar-refractivity contribution >= 4 is 0 Å². The van der Waals surface area contributed by atoms with Crippen LogP contribution in [0.25, 0.3) is 0 Å². The summed E-state index contributed by atoms with van der Waals surface area (Å²) in [7, 11) is 0. The summed E-state index contributed by atoms with van der Waals surface area (Å²) in [6, 6.07) is 0. The largest absolute Gasteiger partial charge is 0.0622 e. The predicted molar refractivity (Wildman–Crippen MR) is 48.6 cm³/mol. The van der Waals surface area contributed by atoms with Gasteiger partial charge in [0.05, 0.1) is 0 Å². The van der Waals surface area contributed by atoms with Gasteiger partial charge in [-0.25, -0.2) is 0 Å². The van der Waals surface area contributed by atoms with E-state index >= 15 is 0 Å². The molecule has 7 fully saturated rings. The van der Waals surface area contributed by atoms with E-state index in [9.17, 15) is 0 Å². The van der Waals surface area contributed by atoms with E-state index in [0.29, 0.717) is 0 Å². The van der Waals surface area contributed by atoms with Crippen molar-refractivity contribution in [2.24, 2.45) is 35.0 Å². The first-order chi connectivity index (χ1) is 5.78. The first kappa shape index (κ1) is 6.45. The van der Waals surface area contributed by atoms with Crippen molar-refractivity contribution < 1.29 is 0 Å². The highest BCUT2D eigenvalue weighted by atomic mass is 14.7. The maximum absolute atomic E-state index is 2.52. The summed E-state index contributed by atoms with van der Waals surface area (Å²) in [6.07, 6.45) is 8.11. The monoisotopic (exact) mass is 162 g/mol. The Bertz CT molecular complexity index is 244. The van der Waals surface area contributed by atoms with Gasteiger partial charge < -0.3 is 0 Å². The molecule has 0 heterocycles. The molecule has 7 rings (SSSR count). The van der Waals surface area contributed by atoms with Crippen LogP contribution in [0.2, 0.25) is 0 Å². The van der Waals surface area contributed by atoms with E-state index in [1.54, 1.807) is 32.1 Å². The molecule has 0 radical (unpaired) electrons. The Morgan fingerprint density at radius 1 is 0.917 bits per heavy atom. The lowest BCUT2D eigenvalue weighted by molar-refractivity contribution is -0.214. The first-order valence-corrected chi connectivity index (χ1v) is 5.78. The summed E-state index contributed by atoms with van der Waals surface area (Å²) in [6.45, 7) is 2.52. The topological polar surface area (TPSA) is 0 Å². The van der Waals surface area contributed by atoms with Crippen molar-refractivity contribution in [1.29, 1.82) is 0 Å². The van der Waals surface area contributed by atoms with Gasteiger partial charge in [-0.1, -0.05) is 6.92 Å². The normalized spacial score (nSPS) is 71.2. The van der Waals surface area contributed by atoms with E-state index in [4.69, 9.17) is 0 Å². The summed E-state index contributed by atoms with van der Waals surface area (Å²) >= 11 is 0. The van der Waals surface area contributed by atoms with Crippen LogP contribution in [0.1, 0.15) is 39.0 Å². The van der Waals surface area contributed by atoms with E-state index in [-0.39, 0.29) is 0 Å². The van der Waals surface area contributed by atoms with E-state index in [0.717, 1.165) is 17.3 Å². The summed E-state index contributed by atoms with van der Waals surface area (Å²) < 4.78 is 0. The Labute approximate surface area is 74.7 Å². The van der Waals surface area contributed by atoms with Crippen molar-refractivity contribution in [1.82, 2.24) is 0 Å². The zero-order valence-electron chi connectivity index (χ0n) is 7.92. The van der Waals surface area contributed by atoms with Crippen LogP contribution in [-0.2, 0) is 0 Å². The highest BCUT2D eigenvalue weighted by Crippen LogP contribution is 2.77. The molecule has 5 bridgehead atoms. The summed E-state index contributed by atoms with van der Waals surface area (Å²) in [5.74, 6) is 5.84. The van der Waals surface area contributed by atoms with Gasteiger partial charge in [0.2, 0.25) is 0 Å². The molecule has 7 aliphatic carbocycles. The molecule has 0 aromatic heterocycles. The summed E-state index contributed by atoms with van der Waals surface area (Å²) in [4.78, 5) is 0. The zero-order chi connectivity index (χ0) is 7.92. The lowest BCUT2D eigenvalue weighted by Crippen LogP contribution is -2.62. The minimum Gasteiger partial charge on any atom is -0.0622 e. The molecule has 0 aromatic carbocycles. The molecule has 0 amide bonds. The van der Waals surface area contributed by atoms with E-state index in [1.165, 1.54) is 17.8 Å². The third kappa shape index (κ3) is 0.482. The predicted octanol–water partition coefficient (Wildman–Crippen LogP) is 3.08. The van der Waals surface area contributed by atoms with Gasteiger partial charge in [0.25, 0.3) is 0 Å². The van der Waals surface area contributed by atoms with Gasteiger partial charge in [0.1, 0.15) is 0 Å². The Morgan fingerprint density at radius 3 is 2.33 bits per heavy atom. The maximum Gasteiger partial charge on any atom is -0.0256 e. The van der Waals surface area contributed by atoms with Crippen LogP contribution >= 0.6 is 0 Å². The number of rotatable bonds is 0. The second-order valence-electron chi connectivity index (χ2n) is 6.23. The summed E-state index contributed by atoms with van der Waals surface area (Å²) in [5, 5.41) is 0. The van der Waals surface area contributed by atoms with Gasteiger partial charge in [-0.15, -0.1) is 0 Å². The van der Waals surface area contributed by atoms with Crippen LogP contribution in [0.4, 0.5) is 0 Å². The second kappa shape index (κ2) is 1.63. The highest BCUT2D eigenvalue weighted by Gasteiger charge is 2.69. The standard InChI is InChI=1S/C12H18/c1-7-2-9-5-12-4-8(7)3-10(6-12)11(9)12/h7-11H,2-6H2,1H3/t7?,8?,9?,10?,11-,12?/m0/s1. The molecule has 5 unspecified atom stereocenters. The SMILES string of the molecule is CC1CC2CC34CC1CC(C3)[C@H]24. The zero-order valence-corrected chi connectivity index (χ0v) is 7.92. The molecule has 0 aromatic rings. The van der Waals surface area contributed by atoms with Crippen LogP contribution in [0.15, 0.2) is 0 Å². The fourth-order valence-electron chi connectivity index (χ4n) is 5.58. The van der Waals surface area contributed by atoms with Crippen molar-refractivity contribution in [2.75, 3.05) is 0 Å². The Kier molecular flexibility index (Phi) is 0.875. The average Bonchev–Trinajstić information content (AvgIpc) is 2.18. The molecule has 0 nitrogen and oxygen atoms in total. The Balaban J connectivity index is 1.81. The van der Waals surface area contributed by atoms with Crippen molar-refractivity contribution in [3.63, 3.8) is 0 Å². The van der Waals surface area contributed by atoms with Crippen LogP contribution in [0.5, 0.6) is 0 Å². The van der Waals surface area contributed by atoms with Gasteiger partial charge in [-0.2, -0.15) is 0 Å². The van der Waals surface area contributed by atoms with Gasteiger partial charge in [-0.3, -0.25) is 0 Å². The van der Waals surface area contributed by atoms with Crippen molar-refractivity contribution in [2.45, 2.75) is 39.0 Å². The van der Waals surface area contributed by atoms with Gasteiger partial charge in [-0.05, 0) is 67.1 Å². The molecule has 0 N–H and O–H groups in total. The molecule has 0 heteroatoms. The molecule has 7 saturated carbocycles. The van der Waals surface area contributed by atoms with E-state index in [1.807, 2.05) is 0 Å². The van der Waals surface area contributed by atoms with Crippen LogP contribution < -0.4 is 0 Å². The molecular weight excluding hydrogens is 144 g/mol. The number of hydrogen-bond donors (Lipinski definition) is 0. The lowest BCUT2D eigenvalue weighted by Gasteiger charge is -2.70. The quantitative estimate of drug-likeness (QED) is 0.513. The smallest absolute Gasteiger partial charge is 0.0256 e. The third-order valence-corrected chi connectivity index (χ3v) is 5.81. The van der Waals surface area contributed by atoms with E-state index in [2.05, 4.69) is 6.92 Å². The second-order valence-corrected chi connectivity index (χ2v) is 6.23. The third-order valence-electron chi connectivity index (χ3n) is 5.81. The minimum absolute atomic E-state index is 0.947. The molecule has 66 valence electrons. The lowest BCUT2D eigenvalue weighted by atomic mass is 9.34. The molecule has 1 spiro atoms. The molecule has 12 heavy (non-hydrogen) atoms. The van der Waals surface area contributed by atoms with Gasteiger partial charge >= 0.3 is 0 Å². The molecular formula is C12H18. The fourth-order valence-corrected chi connectivity index (χ4v) is 5.58. The maximum atomic E-state index is 2.52. The highest BCUT2D eigenvalue weighted by molar-refractivity contribution is 5.18. The van der Waals surface area contributed by atoms with Crippen molar-refractivity contribution in [3.8, 4) is 0 Å². The molecule has 0 aliphatic heterocycles. The average molecular weight is 162 g/mol. The minimum atomic E-state index is 0.947. The van der Waals surface area contributed by atoms with Gasteiger partial charge in [0, 0.05) is 0 Å². The Morgan fingerprint density at radius 2 is 1.58 bits per heavy atom. The van der Waals surface area contributed by atoms with Crippen molar-refractivity contribution in [3.05, 3.63) is 0 Å². The van der Waals surface area contributed by atoms with Crippen LogP contribution in [0.3, 0.4) is 0 Å². The van der Waals surface area contributed by atoms with Crippen LogP contribution in [0, 0.1) is 35.0 Å². The van der Waals surface area contributed by atoms with Crippen LogP contribution in [-0.4, -0.2) is 0 Å². The first-order valence-electron chi connectivity index (χ1n) is 5.78. The molecule has 7 aliphatic rings. The summed E-state index contributed by atoms with van der Waals surface area (Å²) in [5.41, 5.74) is 0.947. The van der Waals surface area contributed by atoms with Gasteiger partial charge in [0.15, 0.2) is 0 Å². The fraction of sp³-hybridized carbons (Fsp3) is 1.00. The van der Waals surface area contributed by atoms with E-state index < -0.39 is 0 Å². The molecule has 0 saturated heterocycles. The Hall–Kier alpha value is 0. The number of hydrogen-bond acceptors (Lipinski definition) is 0.